The largest absolute Gasteiger partial charge is 0.349 e. The number of carbonyl (C=O) groups excluding carboxylic acids is 3. The Bertz CT molecular complexity index is 1610. The standard InChI is InChI=1S/C28H24Cl2FN7O3/c29-20-14-21(30)19(13-18(20)26-22(31)7-4-8-33-26)27(40)35-24-15-23(36-38(24)17-5-2-1-3-6-17)28(41)34-10-12-37-11-9-32-16-25(37)39/h1-8,13-15,32H,9-12,16H2,(H,34,41)(H,35,40). The van der Waals surface area contributed by atoms with E-state index in [1.54, 1.807) is 29.2 Å². The fourth-order valence-corrected chi connectivity index (χ4v) is 4.85. The quantitative estimate of drug-likeness (QED) is 0.285. The predicted molar refractivity (Wildman–Crippen MR) is 153 cm³/mol. The topological polar surface area (TPSA) is 121 Å². The first-order valence-electron chi connectivity index (χ1n) is 12.7. The van der Waals surface area contributed by atoms with Crippen LogP contribution in [0, 0.1) is 5.82 Å². The maximum atomic E-state index is 14.4. The number of rotatable bonds is 8. The van der Waals surface area contributed by atoms with Gasteiger partial charge in [-0.25, -0.2) is 9.07 Å². The van der Waals surface area contributed by atoms with Gasteiger partial charge in [-0.15, -0.1) is 0 Å². The number of carbonyl (C=O) groups is 3. The van der Waals surface area contributed by atoms with Crippen molar-refractivity contribution >= 4 is 46.7 Å². The van der Waals surface area contributed by atoms with Crippen molar-refractivity contribution in [1.29, 1.82) is 0 Å². The van der Waals surface area contributed by atoms with E-state index in [4.69, 9.17) is 23.2 Å². The van der Waals surface area contributed by atoms with E-state index in [0.717, 1.165) is 0 Å². The Labute approximate surface area is 244 Å². The van der Waals surface area contributed by atoms with Crippen LogP contribution in [0.2, 0.25) is 10.0 Å². The number of nitrogens with one attached hydrogen (secondary N) is 3. The van der Waals surface area contributed by atoms with Gasteiger partial charge in [-0.3, -0.25) is 19.4 Å². The highest BCUT2D eigenvalue weighted by Crippen LogP contribution is 2.33. The lowest BCUT2D eigenvalue weighted by Crippen LogP contribution is -2.50. The summed E-state index contributed by atoms with van der Waals surface area (Å²) in [6, 6.07) is 15.7. The number of halogens is 3. The number of benzene rings is 2. The summed E-state index contributed by atoms with van der Waals surface area (Å²) >= 11 is 12.7. The van der Waals surface area contributed by atoms with Crippen molar-refractivity contribution in [2.45, 2.75) is 0 Å². The van der Waals surface area contributed by atoms with Crippen molar-refractivity contribution in [2.75, 3.05) is 38.0 Å². The summed E-state index contributed by atoms with van der Waals surface area (Å²) in [4.78, 5) is 44.1. The van der Waals surface area contributed by atoms with Crippen molar-refractivity contribution < 1.29 is 18.8 Å². The summed E-state index contributed by atoms with van der Waals surface area (Å²) < 4.78 is 15.9. The summed E-state index contributed by atoms with van der Waals surface area (Å²) in [5.41, 5.74) is 0.822. The lowest BCUT2D eigenvalue weighted by Gasteiger charge is -2.27. The average Bonchev–Trinajstić information content (AvgIpc) is 3.39. The zero-order chi connectivity index (χ0) is 28.9. The van der Waals surface area contributed by atoms with Crippen LogP contribution in [0.15, 0.2) is 66.9 Å². The molecule has 2 aromatic carbocycles. The SMILES string of the molecule is O=C(NCCN1CCNCC1=O)c1cc(NC(=O)c2cc(-c3ncccc3F)c(Cl)cc2Cl)n(-c2ccccc2)n1. The van der Waals surface area contributed by atoms with Gasteiger partial charge in [0.15, 0.2) is 5.69 Å². The number of aromatic nitrogens is 3. The molecule has 0 aliphatic carbocycles. The number of amides is 3. The Morgan fingerprint density at radius 1 is 1.02 bits per heavy atom. The van der Waals surface area contributed by atoms with Crippen molar-refractivity contribution in [3.8, 4) is 16.9 Å². The molecule has 3 heterocycles. The fraction of sp³-hybridized carbons (Fsp3) is 0.179. The molecule has 5 rings (SSSR count). The maximum absolute atomic E-state index is 14.4. The second-order valence-electron chi connectivity index (χ2n) is 9.08. The molecule has 3 amide bonds. The molecule has 0 saturated carbocycles. The first kappa shape index (κ1) is 28.2. The molecule has 1 saturated heterocycles. The molecule has 210 valence electrons. The molecule has 1 aliphatic heterocycles. The highest BCUT2D eigenvalue weighted by atomic mass is 35.5. The van der Waals surface area contributed by atoms with Crippen LogP contribution >= 0.6 is 23.2 Å². The number of hydrogen-bond acceptors (Lipinski definition) is 6. The van der Waals surface area contributed by atoms with Crippen LogP contribution in [0.1, 0.15) is 20.8 Å². The number of para-hydroxylation sites is 1. The minimum Gasteiger partial charge on any atom is -0.349 e. The third kappa shape index (κ3) is 6.37. The molecular weight excluding hydrogens is 572 g/mol. The number of hydrogen-bond donors (Lipinski definition) is 3. The molecule has 4 aromatic rings. The Morgan fingerprint density at radius 2 is 1.83 bits per heavy atom. The first-order valence-corrected chi connectivity index (χ1v) is 13.4. The van der Waals surface area contributed by atoms with Crippen LogP contribution in [-0.2, 0) is 4.79 Å². The molecule has 0 atom stereocenters. The van der Waals surface area contributed by atoms with Crippen molar-refractivity contribution in [2.24, 2.45) is 0 Å². The van der Waals surface area contributed by atoms with Gasteiger partial charge >= 0.3 is 0 Å². The van der Waals surface area contributed by atoms with Crippen LogP contribution in [0.3, 0.4) is 0 Å². The number of piperazine rings is 1. The van der Waals surface area contributed by atoms with Crippen LogP contribution in [0.25, 0.3) is 16.9 Å². The van der Waals surface area contributed by atoms with Gasteiger partial charge in [0.25, 0.3) is 11.8 Å². The van der Waals surface area contributed by atoms with E-state index in [1.165, 1.54) is 41.2 Å². The smallest absolute Gasteiger partial charge is 0.271 e. The molecule has 41 heavy (non-hydrogen) atoms. The van der Waals surface area contributed by atoms with E-state index in [1.807, 2.05) is 6.07 Å². The van der Waals surface area contributed by atoms with Gasteiger partial charge in [-0.2, -0.15) is 5.10 Å². The first-order chi connectivity index (χ1) is 19.8. The van der Waals surface area contributed by atoms with Crippen molar-refractivity contribution in [1.82, 2.24) is 30.3 Å². The van der Waals surface area contributed by atoms with Gasteiger partial charge in [0.1, 0.15) is 17.3 Å². The second-order valence-corrected chi connectivity index (χ2v) is 9.89. The van der Waals surface area contributed by atoms with Crippen LogP contribution in [0.5, 0.6) is 0 Å². The monoisotopic (exact) mass is 595 g/mol. The summed E-state index contributed by atoms with van der Waals surface area (Å²) in [6.07, 6.45) is 1.41. The summed E-state index contributed by atoms with van der Waals surface area (Å²) in [5, 5.41) is 13.1. The van der Waals surface area contributed by atoms with Crippen molar-refractivity contribution in [3.05, 3.63) is 94.0 Å². The van der Waals surface area contributed by atoms with Gasteiger partial charge in [0.2, 0.25) is 5.91 Å². The Morgan fingerprint density at radius 3 is 2.59 bits per heavy atom. The molecular formula is C28H24Cl2FN7O3. The van der Waals surface area contributed by atoms with E-state index in [-0.39, 0.29) is 57.4 Å². The molecule has 1 fully saturated rings. The zero-order valence-corrected chi connectivity index (χ0v) is 23.0. The average molecular weight is 596 g/mol. The highest BCUT2D eigenvalue weighted by molar-refractivity contribution is 6.38. The van der Waals surface area contributed by atoms with Gasteiger partial charge < -0.3 is 20.9 Å². The van der Waals surface area contributed by atoms with E-state index >= 15 is 0 Å². The normalized spacial score (nSPS) is 13.2. The molecule has 0 radical (unpaired) electrons. The molecule has 10 nitrogen and oxygen atoms in total. The highest BCUT2D eigenvalue weighted by Gasteiger charge is 2.22. The third-order valence-electron chi connectivity index (χ3n) is 6.35. The fourth-order valence-electron chi connectivity index (χ4n) is 4.30. The number of pyridine rings is 1. The van der Waals surface area contributed by atoms with E-state index in [9.17, 15) is 18.8 Å². The molecule has 0 unspecified atom stereocenters. The third-order valence-corrected chi connectivity index (χ3v) is 6.98. The summed E-state index contributed by atoms with van der Waals surface area (Å²) in [6.45, 7) is 2.13. The summed E-state index contributed by atoms with van der Waals surface area (Å²) in [5.74, 6) is -1.55. The lowest BCUT2D eigenvalue weighted by molar-refractivity contribution is -0.131. The lowest BCUT2D eigenvalue weighted by atomic mass is 10.1. The minimum absolute atomic E-state index is 0.0172. The van der Waals surface area contributed by atoms with Gasteiger partial charge in [0.05, 0.1) is 27.8 Å². The zero-order valence-electron chi connectivity index (χ0n) is 21.5. The Balaban J connectivity index is 1.39. The molecule has 2 aromatic heterocycles. The van der Waals surface area contributed by atoms with Crippen molar-refractivity contribution in [3.63, 3.8) is 0 Å². The van der Waals surface area contributed by atoms with Crippen LogP contribution < -0.4 is 16.0 Å². The molecule has 0 spiro atoms. The van der Waals surface area contributed by atoms with E-state index in [2.05, 4.69) is 26.0 Å². The van der Waals surface area contributed by atoms with Gasteiger partial charge in [0, 0.05) is 44.0 Å². The minimum atomic E-state index is -0.634. The molecule has 1 aliphatic rings. The van der Waals surface area contributed by atoms with E-state index < -0.39 is 17.6 Å². The molecule has 13 heteroatoms. The molecule has 3 N–H and O–H groups in total. The van der Waals surface area contributed by atoms with Crippen LogP contribution in [0.4, 0.5) is 10.2 Å². The summed E-state index contributed by atoms with van der Waals surface area (Å²) in [7, 11) is 0. The Kier molecular flexibility index (Phi) is 8.58. The van der Waals surface area contributed by atoms with Crippen LogP contribution in [-0.4, -0.2) is 70.1 Å². The number of anilines is 1. The van der Waals surface area contributed by atoms with E-state index in [0.29, 0.717) is 25.3 Å². The number of nitrogens with zero attached hydrogens (tertiary/aromatic N) is 4. The molecule has 0 bridgehead atoms. The van der Waals surface area contributed by atoms with Gasteiger partial charge in [-0.05, 0) is 36.4 Å². The maximum Gasteiger partial charge on any atom is 0.271 e. The Hall–Kier alpha value is -4.32. The predicted octanol–water partition coefficient (Wildman–Crippen LogP) is 3.79. The second kappa shape index (κ2) is 12.5. The van der Waals surface area contributed by atoms with Gasteiger partial charge in [-0.1, -0.05) is 41.4 Å².